The van der Waals surface area contributed by atoms with Gasteiger partial charge < -0.3 is 5.32 Å². The quantitative estimate of drug-likeness (QED) is 0.669. The van der Waals surface area contributed by atoms with E-state index in [4.69, 9.17) is 0 Å². The molecule has 0 aromatic carbocycles. The number of nitrogens with one attached hydrogen (secondary N) is 1. The van der Waals surface area contributed by atoms with Gasteiger partial charge in [0.2, 0.25) is 5.63 Å². The van der Waals surface area contributed by atoms with Crippen molar-refractivity contribution in [2.24, 2.45) is 0 Å². The molecule has 0 fully saturated rings. The lowest BCUT2D eigenvalue weighted by atomic mass is 10.2. The van der Waals surface area contributed by atoms with Crippen LogP contribution >= 0.6 is 11.6 Å². The topological polar surface area (TPSA) is 12.0 Å². The zero-order valence-electron chi connectivity index (χ0n) is 6.37. The van der Waals surface area contributed by atoms with Crippen molar-refractivity contribution in [1.29, 1.82) is 0 Å². The van der Waals surface area contributed by atoms with E-state index in [1.807, 2.05) is 0 Å². The smallest absolute Gasteiger partial charge is 0.307 e. The Hall–Kier alpha value is 0.0400. The van der Waals surface area contributed by atoms with Crippen molar-refractivity contribution in [2.45, 2.75) is 31.4 Å². The van der Waals surface area contributed by atoms with Gasteiger partial charge in [-0.1, -0.05) is 18.5 Å². The fourth-order valence-corrected chi connectivity index (χ4v) is 0.820. The van der Waals surface area contributed by atoms with Gasteiger partial charge in [0.25, 0.3) is 0 Å². The first-order chi connectivity index (χ1) is 4.92. The van der Waals surface area contributed by atoms with Crippen molar-refractivity contribution < 1.29 is 13.2 Å². The van der Waals surface area contributed by atoms with E-state index in [9.17, 15) is 13.2 Å². The third-order valence-electron chi connectivity index (χ3n) is 1.38. The second-order valence-electron chi connectivity index (χ2n) is 2.25. The van der Waals surface area contributed by atoms with Gasteiger partial charge in [-0.25, -0.2) is 13.2 Å². The van der Waals surface area contributed by atoms with Crippen molar-refractivity contribution in [1.82, 2.24) is 5.32 Å². The molecular formula is C6H11ClF3N. The molecule has 2 unspecified atom stereocenters. The van der Waals surface area contributed by atoms with Gasteiger partial charge >= 0.3 is 5.92 Å². The van der Waals surface area contributed by atoms with Gasteiger partial charge in [-0.2, -0.15) is 0 Å². The van der Waals surface area contributed by atoms with Crippen molar-refractivity contribution in [3.05, 3.63) is 0 Å². The molecular weight excluding hydrogens is 179 g/mol. The highest BCUT2D eigenvalue weighted by Gasteiger charge is 2.44. The van der Waals surface area contributed by atoms with Crippen LogP contribution in [0.3, 0.4) is 0 Å². The van der Waals surface area contributed by atoms with Crippen LogP contribution in [0.15, 0.2) is 0 Å². The second kappa shape index (κ2) is 4.16. The number of halogens is 4. The number of hydrogen-bond donors (Lipinski definition) is 1. The van der Waals surface area contributed by atoms with Gasteiger partial charge in [0, 0.05) is 0 Å². The summed E-state index contributed by atoms with van der Waals surface area (Å²) in [6.07, 6.45) is 0. The number of alkyl halides is 4. The molecule has 0 aromatic rings. The number of rotatable bonds is 4. The summed E-state index contributed by atoms with van der Waals surface area (Å²) in [5.41, 5.74) is -2.63. The van der Waals surface area contributed by atoms with E-state index in [1.54, 1.807) is 6.92 Å². The van der Waals surface area contributed by atoms with Crippen LogP contribution in [-0.4, -0.2) is 24.1 Å². The average Bonchev–Trinajstić information content (AvgIpc) is 1.88. The molecule has 0 spiro atoms. The molecule has 2 atom stereocenters. The largest absolute Gasteiger partial charge is 0.309 e. The van der Waals surface area contributed by atoms with Gasteiger partial charge in [0.05, 0.1) is 6.04 Å². The Morgan fingerprint density at radius 1 is 1.55 bits per heavy atom. The first kappa shape index (κ1) is 11.0. The van der Waals surface area contributed by atoms with E-state index >= 15 is 0 Å². The molecule has 0 bridgehead atoms. The highest BCUT2D eigenvalue weighted by molar-refractivity contribution is 6.20. The molecule has 0 aliphatic carbocycles. The van der Waals surface area contributed by atoms with Crippen LogP contribution in [0.5, 0.6) is 0 Å². The minimum Gasteiger partial charge on any atom is -0.309 e. The molecule has 0 radical (unpaired) electrons. The first-order valence-corrected chi connectivity index (χ1v) is 3.75. The SMILES string of the molecule is CCNC(C)C(F)(F)C(F)Cl. The summed E-state index contributed by atoms with van der Waals surface area (Å²) < 4.78 is 37.1. The molecule has 0 rings (SSSR count). The average molecular weight is 190 g/mol. The van der Waals surface area contributed by atoms with E-state index in [1.165, 1.54) is 6.92 Å². The third-order valence-corrected chi connectivity index (χ3v) is 1.67. The molecule has 5 heteroatoms. The van der Waals surface area contributed by atoms with E-state index in [0.717, 1.165) is 0 Å². The lowest BCUT2D eigenvalue weighted by Crippen LogP contribution is -2.46. The third kappa shape index (κ3) is 2.87. The Morgan fingerprint density at radius 2 is 2.00 bits per heavy atom. The minimum absolute atomic E-state index is 0.361. The Labute approximate surface area is 68.9 Å². The van der Waals surface area contributed by atoms with Crippen molar-refractivity contribution >= 4 is 11.6 Å². The zero-order valence-corrected chi connectivity index (χ0v) is 7.13. The Balaban J connectivity index is 4.05. The fourth-order valence-electron chi connectivity index (χ4n) is 0.631. The van der Waals surface area contributed by atoms with Crippen molar-refractivity contribution in [3.8, 4) is 0 Å². The van der Waals surface area contributed by atoms with Gasteiger partial charge in [-0.3, -0.25) is 0 Å². The summed E-state index contributed by atoms with van der Waals surface area (Å²) in [5.74, 6) is -3.50. The standard InChI is InChI=1S/C6H11ClF3N/c1-3-11-4(2)6(9,10)5(7)8/h4-5,11H,3H2,1-2H3. The Bertz CT molecular complexity index is 118. The van der Waals surface area contributed by atoms with Crippen LogP contribution < -0.4 is 5.32 Å². The fraction of sp³-hybridized carbons (Fsp3) is 1.00. The van der Waals surface area contributed by atoms with E-state index in [0.29, 0.717) is 6.54 Å². The second-order valence-corrected chi connectivity index (χ2v) is 2.64. The Morgan fingerprint density at radius 3 is 2.27 bits per heavy atom. The maximum atomic E-state index is 12.6. The summed E-state index contributed by atoms with van der Waals surface area (Å²) >= 11 is 4.64. The lowest BCUT2D eigenvalue weighted by Gasteiger charge is -2.23. The lowest BCUT2D eigenvalue weighted by molar-refractivity contribution is -0.0669. The van der Waals surface area contributed by atoms with Crippen molar-refractivity contribution in [2.75, 3.05) is 6.54 Å². The zero-order chi connectivity index (χ0) is 9.07. The molecule has 0 aliphatic heterocycles. The molecule has 1 N–H and O–H groups in total. The summed E-state index contributed by atoms with van der Waals surface area (Å²) in [6, 6.07) is -1.24. The highest BCUT2D eigenvalue weighted by Crippen LogP contribution is 2.27. The normalized spacial score (nSPS) is 18.0. The monoisotopic (exact) mass is 189 g/mol. The minimum atomic E-state index is -3.50. The van der Waals surface area contributed by atoms with Crippen LogP contribution in [-0.2, 0) is 0 Å². The summed E-state index contributed by atoms with van der Waals surface area (Å²) in [6.45, 7) is 3.22. The summed E-state index contributed by atoms with van der Waals surface area (Å²) in [4.78, 5) is 0. The molecule has 68 valence electrons. The molecule has 0 amide bonds. The van der Waals surface area contributed by atoms with Crippen LogP contribution in [0.1, 0.15) is 13.8 Å². The maximum absolute atomic E-state index is 12.6. The molecule has 0 saturated heterocycles. The van der Waals surface area contributed by atoms with E-state index in [-0.39, 0.29) is 0 Å². The molecule has 11 heavy (non-hydrogen) atoms. The van der Waals surface area contributed by atoms with Crippen molar-refractivity contribution in [3.63, 3.8) is 0 Å². The summed E-state index contributed by atoms with van der Waals surface area (Å²) in [7, 11) is 0. The highest BCUT2D eigenvalue weighted by atomic mass is 35.5. The molecule has 0 aliphatic rings. The first-order valence-electron chi connectivity index (χ1n) is 3.32. The Kier molecular flexibility index (Phi) is 4.18. The number of hydrogen-bond acceptors (Lipinski definition) is 1. The van der Waals surface area contributed by atoms with Crippen LogP contribution in [0.4, 0.5) is 13.2 Å². The molecule has 0 aromatic heterocycles. The van der Waals surface area contributed by atoms with Crippen LogP contribution in [0, 0.1) is 0 Å². The van der Waals surface area contributed by atoms with Gasteiger partial charge in [0.1, 0.15) is 0 Å². The molecule has 0 heterocycles. The molecule has 0 saturated carbocycles. The predicted molar refractivity (Wildman–Crippen MR) is 38.8 cm³/mol. The maximum Gasteiger partial charge on any atom is 0.307 e. The summed E-state index contributed by atoms with van der Waals surface area (Å²) in [5, 5.41) is 2.39. The predicted octanol–water partition coefficient (Wildman–Crippen LogP) is 2.15. The van der Waals surface area contributed by atoms with Gasteiger partial charge in [-0.15, -0.1) is 0 Å². The van der Waals surface area contributed by atoms with Gasteiger partial charge in [-0.05, 0) is 13.5 Å². The molecule has 1 nitrogen and oxygen atoms in total. The van der Waals surface area contributed by atoms with Gasteiger partial charge in [0.15, 0.2) is 0 Å². The van der Waals surface area contributed by atoms with E-state index in [2.05, 4.69) is 16.9 Å². The van der Waals surface area contributed by atoms with Crippen LogP contribution in [0.25, 0.3) is 0 Å². The van der Waals surface area contributed by atoms with E-state index < -0.39 is 17.6 Å². The van der Waals surface area contributed by atoms with Crippen LogP contribution in [0.2, 0.25) is 0 Å².